The predicted octanol–water partition coefficient (Wildman–Crippen LogP) is 4.38. The highest BCUT2D eigenvalue weighted by molar-refractivity contribution is 5.93. The molecular weight excluding hydrogens is 390 g/mol. The number of hydrogen-bond acceptors (Lipinski definition) is 4. The average Bonchev–Trinajstić information content (AvgIpc) is 2.78. The molecule has 1 saturated heterocycles. The Morgan fingerprint density at radius 2 is 1.97 bits per heavy atom. The van der Waals surface area contributed by atoms with Gasteiger partial charge in [0.05, 0.1) is 12.2 Å². The van der Waals surface area contributed by atoms with Gasteiger partial charge >= 0.3 is 12.0 Å². The highest BCUT2D eigenvalue weighted by atomic mass is 16.5. The van der Waals surface area contributed by atoms with Gasteiger partial charge < -0.3 is 20.7 Å². The zero-order valence-electron chi connectivity index (χ0n) is 18.2. The fraction of sp³-hybridized carbons (Fsp3) is 0.440. The van der Waals surface area contributed by atoms with Crippen LogP contribution in [0.25, 0.3) is 0 Å². The van der Waals surface area contributed by atoms with Gasteiger partial charge in [-0.05, 0) is 75.3 Å². The van der Waals surface area contributed by atoms with Crippen LogP contribution in [-0.2, 0) is 11.2 Å². The standard InChI is InChI=1S/C25H33N3O3/c1-2-31-24(29)21-10-6-11-23(18-21)28-25(30)27-14-7-12-22-17-20(13-15-26-22)16-19-8-4-3-5-9-19/h3-6,8-11,18,20,22,26H,2,7,12-17H2,1H3,(H2,27,28,30)/t20-,22-/m1/s1. The molecule has 0 spiro atoms. The molecule has 1 fully saturated rings. The van der Waals surface area contributed by atoms with Gasteiger partial charge in [-0.15, -0.1) is 0 Å². The van der Waals surface area contributed by atoms with Crippen molar-refractivity contribution in [3.8, 4) is 0 Å². The number of esters is 1. The molecule has 166 valence electrons. The van der Waals surface area contributed by atoms with E-state index in [4.69, 9.17) is 4.74 Å². The van der Waals surface area contributed by atoms with E-state index in [0.717, 1.165) is 31.7 Å². The highest BCUT2D eigenvalue weighted by Gasteiger charge is 2.21. The third-order valence-corrected chi connectivity index (χ3v) is 5.62. The summed E-state index contributed by atoms with van der Waals surface area (Å²) in [6.07, 6.45) is 5.51. The van der Waals surface area contributed by atoms with Gasteiger partial charge in [0.1, 0.15) is 0 Å². The van der Waals surface area contributed by atoms with Crippen molar-refractivity contribution in [3.05, 3.63) is 65.7 Å². The van der Waals surface area contributed by atoms with Crippen molar-refractivity contribution in [2.24, 2.45) is 5.92 Å². The van der Waals surface area contributed by atoms with Gasteiger partial charge in [-0.25, -0.2) is 9.59 Å². The molecule has 1 aliphatic rings. The second-order valence-corrected chi connectivity index (χ2v) is 8.06. The van der Waals surface area contributed by atoms with E-state index in [9.17, 15) is 9.59 Å². The second-order valence-electron chi connectivity index (χ2n) is 8.06. The second kappa shape index (κ2) is 12.1. The predicted molar refractivity (Wildman–Crippen MR) is 123 cm³/mol. The number of piperidine rings is 1. The third kappa shape index (κ3) is 7.72. The summed E-state index contributed by atoms with van der Waals surface area (Å²) in [6.45, 7) is 3.76. The smallest absolute Gasteiger partial charge is 0.338 e. The van der Waals surface area contributed by atoms with E-state index in [1.54, 1.807) is 31.2 Å². The molecule has 2 aromatic carbocycles. The largest absolute Gasteiger partial charge is 0.462 e. The van der Waals surface area contributed by atoms with E-state index in [-0.39, 0.29) is 6.03 Å². The van der Waals surface area contributed by atoms with Crippen LogP contribution >= 0.6 is 0 Å². The fourth-order valence-electron chi connectivity index (χ4n) is 4.11. The van der Waals surface area contributed by atoms with E-state index in [1.807, 2.05) is 0 Å². The van der Waals surface area contributed by atoms with Crippen molar-refractivity contribution in [1.29, 1.82) is 0 Å². The summed E-state index contributed by atoms with van der Waals surface area (Å²) in [5, 5.41) is 9.30. The van der Waals surface area contributed by atoms with Gasteiger partial charge in [0.2, 0.25) is 0 Å². The molecule has 3 rings (SSSR count). The minimum Gasteiger partial charge on any atom is -0.462 e. The first-order valence-electron chi connectivity index (χ1n) is 11.2. The number of carbonyl (C=O) groups excluding carboxylic acids is 2. The van der Waals surface area contributed by atoms with Crippen LogP contribution in [0, 0.1) is 5.92 Å². The summed E-state index contributed by atoms with van der Waals surface area (Å²) in [7, 11) is 0. The molecule has 0 unspecified atom stereocenters. The van der Waals surface area contributed by atoms with Crippen LogP contribution < -0.4 is 16.0 Å². The van der Waals surface area contributed by atoms with Crippen LogP contribution in [-0.4, -0.2) is 37.7 Å². The molecule has 6 heteroatoms. The number of rotatable bonds is 9. The van der Waals surface area contributed by atoms with Crippen LogP contribution in [0.15, 0.2) is 54.6 Å². The molecule has 3 N–H and O–H groups in total. The van der Waals surface area contributed by atoms with Gasteiger partial charge in [-0.1, -0.05) is 36.4 Å². The molecule has 1 heterocycles. The number of amides is 2. The Hall–Kier alpha value is -2.86. The van der Waals surface area contributed by atoms with Crippen molar-refractivity contribution in [2.45, 2.75) is 45.1 Å². The topological polar surface area (TPSA) is 79.5 Å². The minimum absolute atomic E-state index is 0.264. The molecule has 0 bridgehead atoms. The number of carbonyl (C=O) groups is 2. The summed E-state index contributed by atoms with van der Waals surface area (Å²) in [6, 6.07) is 17.7. The lowest BCUT2D eigenvalue weighted by Crippen LogP contribution is -2.39. The zero-order chi connectivity index (χ0) is 21.9. The number of anilines is 1. The molecule has 0 radical (unpaired) electrons. The van der Waals surface area contributed by atoms with Gasteiger partial charge in [0, 0.05) is 18.3 Å². The van der Waals surface area contributed by atoms with E-state index >= 15 is 0 Å². The lowest BCUT2D eigenvalue weighted by atomic mass is 9.86. The normalized spacial score (nSPS) is 18.2. The van der Waals surface area contributed by atoms with Crippen LogP contribution in [0.2, 0.25) is 0 Å². The van der Waals surface area contributed by atoms with Gasteiger partial charge in [-0.2, -0.15) is 0 Å². The van der Waals surface area contributed by atoms with Gasteiger partial charge in [-0.3, -0.25) is 0 Å². The number of benzene rings is 2. The fourth-order valence-corrected chi connectivity index (χ4v) is 4.11. The van der Waals surface area contributed by atoms with Gasteiger partial charge in [0.25, 0.3) is 0 Å². The third-order valence-electron chi connectivity index (χ3n) is 5.62. The Labute approximate surface area is 184 Å². The Balaban J connectivity index is 1.35. The molecule has 0 aromatic heterocycles. The number of nitrogens with one attached hydrogen (secondary N) is 3. The summed E-state index contributed by atoms with van der Waals surface area (Å²) in [5.74, 6) is 0.327. The van der Waals surface area contributed by atoms with Crippen molar-refractivity contribution < 1.29 is 14.3 Å². The van der Waals surface area contributed by atoms with Crippen molar-refractivity contribution >= 4 is 17.7 Å². The molecule has 1 aliphatic heterocycles. The first kappa shape index (κ1) is 22.8. The van der Waals surface area contributed by atoms with E-state index in [1.165, 1.54) is 18.4 Å². The van der Waals surface area contributed by atoms with E-state index in [0.29, 0.717) is 30.4 Å². The van der Waals surface area contributed by atoms with Crippen LogP contribution in [0.4, 0.5) is 10.5 Å². The Morgan fingerprint density at radius 3 is 2.77 bits per heavy atom. The molecule has 6 nitrogen and oxygen atoms in total. The quantitative estimate of drug-likeness (QED) is 0.413. The van der Waals surface area contributed by atoms with Crippen LogP contribution in [0.5, 0.6) is 0 Å². The number of urea groups is 1. The van der Waals surface area contributed by atoms with E-state index in [2.05, 4.69) is 46.3 Å². The number of hydrogen-bond donors (Lipinski definition) is 3. The van der Waals surface area contributed by atoms with E-state index < -0.39 is 5.97 Å². The highest BCUT2D eigenvalue weighted by Crippen LogP contribution is 2.23. The lowest BCUT2D eigenvalue weighted by Gasteiger charge is -2.30. The Morgan fingerprint density at radius 1 is 1.13 bits per heavy atom. The molecular formula is C25H33N3O3. The zero-order valence-corrected chi connectivity index (χ0v) is 18.2. The van der Waals surface area contributed by atoms with Gasteiger partial charge in [0.15, 0.2) is 0 Å². The number of ether oxygens (including phenoxy) is 1. The Kier molecular flexibility index (Phi) is 8.91. The molecule has 2 amide bonds. The summed E-state index contributed by atoms with van der Waals surface area (Å²) >= 11 is 0. The monoisotopic (exact) mass is 423 g/mol. The van der Waals surface area contributed by atoms with Crippen molar-refractivity contribution in [2.75, 3.05) is 25.0 Å². The maximum Gasteiger partial charge on any atom is 0.338 e. The Bertz CT molecular complexity index is 841. The maximum atomic E-state index is 12.2. The molecule has 2 atom stereocenters. The molecule has 31 heavy (non-hydrogen) atoms. The minimum atomic E-state index is -0.392. The molecule has 0 aliphatic carbocycles. The SMILES string of the molecule is CCOC(=O)c1cccc(NC(=O)NCCC[C@@H]2C[C@@H](Cc3ccccc3)CCN2)c1. The first-order chi connectivity index (χ1) is 15.1. The van der Waals surface area contributed by atoms with Crippen molar-refractivity contribution in [1.82, 2.24) is 10.6 Å². The van der Waals surface area contributed by atoms with Crippen LogP contribution in [0.1, 0.15) is 48.5 Å². The summed E-state index contributed by atoms with van der Waals surface area (Å²) in [4.78, 5) is 24.0. The molecule has 0 saturated carbocycles. The summed E-state index contributed by atoms with van der Waals surface area (Å²) in [5.41, 5.74) is 2.41. The van der Waals surface area contributed by atoms with Crippen molar-refractivity contribution in [3.63, 3.8) is 0 Å². The summed E-state index contributed by atoms with van der Waals surface area (Å²) < 4.78 is 4.99. The lowest BCUT2D eigenvalue weighted by molar-refractivity contribution is 0.0526. The maximum absolute atomic E-state index is 12.2. The van der Waals surface area contributed by atoms with Crippen LogP contribution in [0.3, 0.4) is 0 Å². The average molecular weight is 424 g/mol. The molecule has 2 aromatic rings. The first-order valence-corrected chi connectivity index (χ1v) is 11.2.